The van der Waals surface area contributed by atoms with Crippen LogP contribution in [0.4, 0.5) is 4.79 Å². The topological polar surface area (TPSA) is 20.3 Å². The van der Waals surface area contributed by atoms with Crippen LogP contribution in [0.3, 0.4) is 0 Å². The SMILES string of the molecule is [B]C1(C(C)C)CCCCC2C(CC(C)C1)SC(=O)N2C(C)C. The van der Waals surface area contributed by atoms with E-state index in [-0.39, 0.29) is 5.31 Å². The van der Waals surface area contributed by atoms with Crippen molar-refractivity contribution in [1.82, 2.24) is 4.90 Å². The van der Waals surface area contributed by atoms with Crippen molar-refractivity contribution >= 4 is 24.8 Å². The largest absolute Gasteiger partial charge is 0.327 e. The van der Waals surface area contributed by atoms with E-state index in [1.54, 1.807) is 11.8 Å². The lowest BCUT2D eigenvalue weighted by atomic mass is 9.55. The second-order valence-electron chi connectivity index (χ2n) is 8.17. The second-order valence-corrected chi connectivity index (χ2v) is 9.36. The van der Waals surface area contributed by atoms with Crippen LogP contribution in [0.2, 0.25) is 5.31 Å². The zero-order chi connectivity index (χ0) is 16.5. The summed E-state index contributed by atoms with van der Waals surface area (Å²) < 4.78 is 0. The molecule has 1 amide bonds. The molecule has 4 unspecified atom stereocenters. The highest BCUT2D eigenvalue weighted by Crippen LogP contribution is 2.48. The fourth-order valence-electron chi connectivity index (χ4n) is 4.27. The van der Waals surface area contributed by atoms with Gasteiger partial charge in [0.05, 0.1) is 7.85 Å². The zero-order valence-electron chi connectivity index (χ0n) is 15.0. The first-order chi connectivity index (χ1) is 10.2. The third-order valence-corrected chi connectivity index (χ3v) is 6.93. The van der Waals surface area contributed by atoms with E-state index in [9.17, 15) is 4.79 Å². The smallest absolute Gasteiger partial charge is 0.282 e. The minimum Gasteiger partial charge on any atom is -0.327 e. The summed E-state index contributed by atoms with van der Waals surface area (Å²) in [6, 6.07) is 0.752. The number of carbonyl (C=O) groups excluding carboxylic acids is 1. The molecule has 2 radical (unpaired) electrons. The van der Waals surface area contributed by atoms with Gasteiger partial charge in [-0.3, -0.25) is 4.79 Å². The average molecular weight is 321 g/mol. The Balaban J connectivity index is 2.14. The van der Waals surface area contributed by atoms with Crippen molar-refractivity contribution in [2.24, 2.45) is 11.8 Å². The Morgan fingerprint density at radius 1 is 1.27 bits per heavy atom. The standard InChI is InChI=1S/C18H32BNOS/c1-12(2)18(19)9-7-6-8-15-16(10-14(5)11-18)22-17(21)20(15)13(3)4/h12-16H,6-11H2,1-5H3. The summed E-state index contributed by atoms with van der Waals surface area (Å²) in [5, 5.41) is 0.718. The Hall–Kier alpha value is -0.115. The Kier molecular flexibility index (Phi) is 5.96. The van der Waals surface area contributed by atoms with Crippen LogP contribution in [0.25, 0.3) is 0 Å². The molecule has 0 aromatic rings. The Labute approximate surface area is 142 Å². The molecule has 0 aromatic heterocycles. The van der Waals surface area contributed by atoms with Gasteiger partial charge in [0.25, 0.3) is 5.24 Å². The van der Waals surface area contributed by atoms with Gasteiger partial charge in [-0.25, -0.2) is 0 Å². The number of carbonyl (C=O) groups is 1. The van der Waals surface area contributed by atoms with Crippen LogP contribution in [0, 0.1) is 11.8 Å². The highest BCUT2D eigenvalue weighted by Gasteiger charge is 2.43. The van der Waals surface area contributed by atoms with E-state index in [2.05, 4.69) is 39.5 Å². The van der Waals surface area contributed by atoms with Gasteiger partial charge < -0.3 is 4.90 Å². The van der Waals surface area contributed by atoms with Gasteiger partial charge in [0.2, 0.25) is 0 Å². The number of hydrogen-bond acceptors (Lipinski definition) is 2. The maximum absolute atomic E-state index is 12.4. The zero-order valence-corrected chi connectivity index (χ0v) is 15.8. The molecule has 1 saturated carbocycles. The van der Waals surface area contributed by atoms with Crippen LogP contribution in [0.5, 0.6) is 0 Å². The van der Waals surface area contributed by atoms with E-state index in [1.165, 1.54) is 12.8 Å². The maximum Gasteiger partial charge on any atom is 0.282 e. The molecule has 1 heterocycles. The molecule has 4 heteroatoms. The van der Waals surface area contributed by atoms with Crippen LogP contribution >= 0.6 is 11.8 Å². The quantitative estimate of drug-likeness (QED) is 0.645. The lowest BCUT2D eigenvalue weighted by molar-refractivity contribution is 0.168. The fraction of sp³-hybridized carbons (Fsp3) is 0.944. The van der Waals surface area contributed by atoms with Crippen molar-refractivity contribution in [3.63, 3.8) is 0 Å². The molecule has 0 bridgehead atoms. The molecule has 2 fully saturated rings. The van der Waals surface area contributed by atoms with Crippen molar-refractivity contribution in [2.45, 2.75) is 95.8 Å². The Morgan fingerprint density at radius 2 is 1.95 bits per heavy atom. The minimum atomic E-state index is -0.0305. The van der Waals surface area contributed by atoms with Crippen LogP contribution in [-0.4, -0.2) is 35.3 Å². The van der Waals surface area contributed by atoms with Gasteiger partial charge in [0, 0.05) is 17.3 Å². The van der Waals surface area contributed by atoms with Gasteiger partial charge in [0.1, 0.15) is 0 Å². The molecule has 2 nitrogen and oxygen atoms in total. The molecular weight excluding hydrogens is 289 g/mol. The lowest BCUT2D eigenvalue weighted by Crippen LogP contribution is -2.42. The van der Waals surface area contributed by atoms with E-state index < -0.39 is 0 Å². The van der Waals surface area contributed by atoms with Gasteiger partial charge in [-0.05, 0) is 38.5 Å². The summed E-state index contributed by atoms with van der Waals surface area (Å²) in [4.78, 5) is 14.5. The Bertz CT molecular complexity index is 401. The number of nitrogens with zero attached hydrogens (tertiary/aromatic N) is 1. The highest BCUT2D eigenvalue weighted by molar-refractivity contribution is 8.14. The number of thioether (sulfide) groups is 1. The van der Waals surface area contributed by atoms with Crippen molar-refractivity contribution in [3.8, 4) is 0 Å². The molecule has 0 N–H and O–H groups in total. The summed E-state index contributed by atoms with van der Waals surface area (Å²) in [5.41, 5.74) is 0. The van der Waals surface area contributed by atoms with E-state index in [0.29, 0.717) is 34.4 Å². The monoisotopic (exact) mass is 321 g/mol. The summed E-state index contributed by atoms with van der Waals surface area (Å²) in [5.74, 6) is 1.11. The summed E-state index contributed by atoms with van der Waals surface area (Å²) in [7, 11) is 6.74. The van der Waals surface area contributed by atoms with Crippen molar-refractivity contribution in [2.75, 3.05) is 0 Å². The number of rotatable bonds is 2. The van der Waals surface area contributed by atoms with Crippen molar-refractivity contribution < 1.29 is 4.79 Å². The summed E-state index contributed by atoms with van der Waals surface area (Å²) >= 11 is 1.58. The van der Waals surface area contributed by atoms with E-state index >= 15 is 0 Å². The molecule has 4 atom stereocenters. The second kappa shape index (κ2) is 7.19. The van der Waals surface area contributed by atoms with Gasteiger partial charge in [0.15, 0.2) is 0 Å². The number of hydrogen-bond donors (Lipinski definition) is 0. The molecule has 22 heavy (non-hydrogen) atoms. The highest BCUT2D eigenvalue weighted by atomic mass is 32.2. The van der Waals surface area contributed by atoms with Crippen LogP contribution in [0.1, 0.15) is 73.1 Å². The van der Waals surface area contributed by atoms with Crippen LogP contribution in [0.15, 0.2) is 0 Å². The van der Waals surface area contributed by atoms with E-state index in [0.717, 1.165) is 25.7 Å². The fourth-order valence-corrected chi connectivity index (χ4v) is 5.85. The van der Waals surface area contributed by atoms with Crippen LogP contribution < -0.4 is 0 Å². The molecular formula is C18H32BNOS. The predicted molar refractivity (Wildman–Crippen MR) is 97.7 cm³/mol. The minimum absolute atomic E-state index is 0.0305. The third-order valence-electron chi connectivity index (χ3n) is 5.71. The molecule has 1 aliphatic carbocycles. The number of fused-ring (bicyclic) bond motifs is 1. The lowest BCUT2D eigenvalue weighted by Gasteiger charge is -2.40. The first-order valence-electron chi connectivity index (χ1n) is 9.02. The molecule has 124 valence electrons. The molecule has 0 spiro atoms. The first kappa shape index (κ1) is 18.2. The summed E-state index contributed by atoms with van der Waals surface area (Å²) in [6.45, 7) is 11.1. The van der Waals surface area contributed by atoms with Gasteiger partial charge in [-0.15, -0.1) is 0 Å². The first-order valence-corrected chi connectivity index (χ1v) is 9.90. The molecule has 1 saturated heterocycles. The van der Waals surface area contributed by atoms with Gasteiger partial charge in [-0.1, -0.05) is 63.5 Å². The van der Waals surface area contributed by atoms with Gasteiger partial charge >= 0.3 is 0 Å². The van der Waals surface area contributed by atoms with E-state index in [4.69, 9.17) is 7.85 Å². The third kappa shape index (κ3) is 3.86. The summed E-state index contributed by atoms with van der Waals surface area (Å²) in [6.07, 6.45) is 6.85. The molecule has 0 aromatic carbocycles. The van der Waals surface area contributed by atoms with Crippen molar-refractivity contribution in [1.29, 1.82) is 0 Å². The maximum atomic E-state index is 12.4. The van der Waals surface area contributed by atoms with E-state index in [1.807, 2.05) is 0 Å². The normalized spacial score (nSPS) is 37.7. The number of amides is 1. The molecule has 1 aliphatic heterocycles. The molecule has 2 aliphatic rings. The van der Waals surface area contributed by atoms with Gasteiger partial charge in [-0.2, -0.15) is 0 Å². The van der Waals surface area contributed by atoms with Crippen molar-refractivity contribution in [3.05, 3.63) is 0 Å². The average Bonchev–Trinajstić information content (AvgIpc) is 2.69. The predicted octanol–water partition coefficient (Wildman–Crippen LogP) is 5.27. The Morgan fingerprint density at radius 3 is 2.55 bits per heavy atom. The van der Waals surface area contributed by atoms with Crippen LogP contribution in [-0.2, 0) is 0 Å². The molecule has 2 rings (SSSR count).